The molecule has 1 aromatic carbocycles. The second kappa shape index (κ2) is 7.81. The molecule has 3 aromatic rings. The van der Waals surface area contributed by atoms with Crippen LogP contribution in [-0.4, -0.2) is 28.5 Å². The maximum absolute atomic E-state index is 13.2. The molecule has 30 heavy (non-hydrogen) atoms. The number of likely N-dealkylation sites (tertiary alicyclic amines) is 1. The predicted octanol–water partition coefficient (Wildman–Crippen LogP) is 3.92. The van der Waals surface area contributed by atoms with Gasteiger partial charge in [0.1, 0.15) is 11.5 Å². The minimum atomic E-state index is -0.246. The Hall–Kier alpha value is -2.77. The van der Waals surface area contributed by atoms with Gasteiger partial charge in [0.2, 0.25) is 0 Å². The van der Waals surface area contributed by atoms with Crippen molar-refractivity contribution in [3.05, 3.63) is 86.2 Å². The molecule has 0 saturated carbocycles. The summed E-state index contributed by atoms with van der Waals surface area (Å²) in [6, 6.07) is 13.9. The predicted molar refractivity (Wildman–Crippen MR) is 115 cm³/mol. The average molecular weight is 424 g/mol. The number of nitrogens with zero attached hydrogens (tertiary/aromatic N) is 2. The van der Waals surface area contributed by atoms with Crippen molar-refractivity contribution in [2.75, 3.05) is 18.4 Å². The lowest BCUT2D eigenvalue weighted by molar-refractivity contribution is 0.103. The van der Waals surface area contributed by atoms with Crippen molar-refractivity contribution in [2.24, 2.45) is 5.92 Å². The third-order valence-electron chi connectivity index (χ3n) is 5.99. The molecule has 1 amide bonds. The molecule has 0 radical (unpaired) electrons. The summed E-state index contributed by atoms with van der Waals surface area (Å²) in [6.07, 6.45) is 1.07. The van der Waals surface area contributed by atoms with Crippen LogP contribution in [0.3, 0.4) is 0 Å². The smallest absolute Gasteiger partial charge is 0.274 e. The van der Waals surface area contributed by atoms with Gasteiger partial charge in [0.25, 0.3) is 11.5 Å². The number of thiophene rings is 1. The number of carbonyl (C=O) groups is 1. The highest BCUT2D eigenvalue weighted by Gasteiger charge is 2.35. The third-order valence-corrected chi connectivity index (χ3v) is 6.86. The molecule has 2 aliphatic heterocycles. The summed E-state index contributed by atoms with van der Waals surface area (Å²) in [5.74, 6) is 0.207. The lowest BCUT2D eigenvalue weighted by atomic mass is 9.83. The molecular weight excluding hydrogens is 401 g/mol. The lowest BCUT2D eigenvalue weighted by Crippen LogP contribution is -2.47. The number of aromatic nitrogens is 1. The first kappa shape index (κ1) is 19.2. The number of benzene rings is 1. The van der Waals surface area contributed by atoms with E-state index < -0.39 is 0 Å². The van der Waals surface area contributed by atoms with Gasteiger partial charge in [-0.25, -0.2) is 4.39 Å². The van der Waals surface area contributed by atoms with Crippen LogP contribution in [0.25, 0.3) is 0 Å². The van der Waals surface area contributed by atoms with Crippen molar-refractivity contribution in [3.63, 3.8) is 0 Å². The monoisotopic (exact) mass is 423 g/mol. The van der Waals surface area contributed by atoms with E-state index in [0.29, 0.717) is 23.0 Å². The van der Waals surface area contributed by atoms with Gasteiger partial charge < -0.3 is 9.88 Å². The van der Waals surface area contributed by atoms with Crippen molar-refractivity contribution in [1.82, 2.24) is 9.47 Å². The van der Waals surface area contributed by atoms with E-state index in [1.54, 1.807) is 12.1 Å². The number of nitrogens with one attached hydrogen (secondary N) is 1. The van der Waals surface area contributed by atoms with E-state index in [4.69, 9.17) is 0 Å². The summed E-state index contributed by atoms with van der Waals surface area (Å²) >= 11 is 1.35. The SMILES string of the molecule is O=C(Nc1ccc2n(c1=O)C[C@H]1C[C@@H]2CN(Cc2ccc(F)cc2)C1)c1cccs1. The summed E-state index contributed by atoms with van der Waals surface area (Å²) in [5, 5.41) is 4.61. The first-order valence-electron chi connectivity index (χ1n) is 10.1. The van der Waals surface area contributed by atoms with E-state index in [2.05, 4.69) is 10.2 Å². The summed E-state index contributed by atoms with van der Waals surface area (Å²) < 4.78 is 15.0. The lowest BCUT2D eigenvalue weighted by Gasteiger charge is -2.43. The van der Waals surface area contributed by atoms with E-state index in [1.807, 2.05) is 34.2 Å². The normalized spacial score (nSPS) is 20.6. The van der Waals surface area contributed by atoms with Crippen LogP contribution < -0.4 is 10.9 Å². The highest BCUT2D eigenvalue weighted by atomic mass is 32.1. The molecule has 7 heteroatoms. The van der Waals surface area contributed by atoms with E-state index in [1.165, 1.54) is 23.5 Å². The molecule has 2 atom stereocenters. The van der Waals surface area contributed by atoms with Gasteiger partial charge in [-0.3, -0.25) is 14.5 Å². The van der Waals surface area contributed by atoms with Crippen molar-refractivity contribution in [1.29, 1.82) is 0 Å². The van der Waals surface area contributed by atoms with E-state index in [9.17, 15) is 14.0 Å². The minimum Gasteiger partial charge on any atom is -0.317 e. The first-order chi connectivity index (χ1) is 14.6. The first-order valence-corrected chi connectivity index (χ1v) is 11.0. The molecule has 5 nitrogen and oxygen atoms in total. The van der Waals surface area contributed by atoms with Crippen LogP contribution in [0.5, 0.6) is 0 Å². The van der Waals surface area contributed by atoms with Crippen LogP contribution in [0, 0.1) is 11.7 Å². The van der Waals surface area contributed by atoms with Crippen molar-refractivity contribution in [3.8, 4) is 0 Å². The molecular formula is C23H22FN3O2S. The van der Waals surface area contributed by atoms with Gasteiger partial charge in [-0.15, -0.1) is 11.3 Å². The number of halogens is 1. The Labute approximate surface area is 177 Å². The maximum atomic E-state index is 13.2. The number of rotatable bonds is 4. The maximum Gasteiger partial charge on any atom is 0.274 e. The Morgan fingerprint density at radius 2 is 1.93 bits per heavy atom. The Bertz CT molecular complexity index is 1120. The molecule has 0 spiro atoms. The Balaban J connectivity index is 1.35. The highest BCUT2D eigenvalue weighted by molar-refractivity contribution is 7.12. The van der Waals surface area contributed by atoms with E-state index in [-0.39, 0.29) is 23.2 Å². The molecule has 2 bridgehead atoms. The fourth-order valence-electron chi connectivity index (χ4n) is 4.71. The molecule has 1 N–H and O–H groups in total. The standard InChI is InChI=1S/C23H22FN3O2S/c24-18-5-3-15(4-6-18)11-26-12-16-10-17(14-26)20-8-7-19(23(29)27(20)13-16)25-22(28)21-2-1-9-30-21/h1-9,16-17H,10-14H2,(H,25,28)/t16-,17+/m0/s1. The fourth-order valence-corrected chi connectivity index (χ4v) is 5.33. The Morgan fingerprint density at radius 1 is 1.10 bits per heavy atom. The molecule has 0 unspecified atom stereocenters. The van der Waals surface area contributed by atoms with Gasteiger partial charge in [0.15, 0.2) is 0 Å². The zero-order valence-corrected chi connectivity index (χ0v) is 17.2. The topological polar surface area (TPSA) is 54.3 Å². The molecule has 4 heterocycles. The van der Waals surface area contributed by atoms with Gasteiger partial charge in [0, 0.05) is 37.8 Å². The van der Waals surface area contributed by atoms with Gasteiger partial charge in [-0.1, -0.05) is 18.2 Å². The van der Waals surface area contributed by atoms with Gasteiger partial charge in [0.05, 0.1) is 4.88 Å². The number of amides is 1. The number of fused-ring (bicyclic) bond motifs is 4. The number of hydrogen-bond donors (Lipinski definition) is 1. The van der Waals surface area contributed by atoms with Crippen LogP contribution in [0.4, 0.5) is 10.1 Å². The molecule has 5 rings (SSSR count). The van der Waals surface area contributed by atoms with Crippen LogP contribution >= 0.6 is 11.3 Å². The molecule has 154 valence electrons. The largest absolute Gasteiger partial charge is 0.317 e. The molecule has 2 aliphatic rings. The molecule has 1 fully saturated rings. The summed E-state index contributed by atoms with van der Waals surface area (Å²) in [4.78, 5) is 28.4. The summed E-state index contributed by atoms with van der Waals surface area (Å²) in [5.41, 5.74) is 2.34. The molecule has 2 aromatic heterocycles. The van der Waals surface area contributed by atoms with Crippen LogP contribution in [-0.2, 0) is 13.1 Å². The second-order valence-corrected chi connectivity index (χ2v) is 9.09. The zero-order valence-electron chi connectivity index (χ0n) is 16.4. The molecule has 1 saturated heterocycles. The number of anilines is 1. The average Bonchev–Trinajstić information content (AvgIpc) is 3.27. The van der Waals surface area contributed by atoms with Crippen LogP contribution in [0.15, 0.2) is 58.7 Å². The second-order valence-electron chi connectivity index (χ2n) is 8.14. The quantitative estimate of drug-likeness (QED) is 0.692. The molecule has 0 aliphatic carbocycles. The number of carbonyl (C=O) groups excluding carboxylic acids is 1. The van der Waals surface area contributed by atoms with Crippen molar-refractivity contribution >= 4 is 22.9 Å². The zero-order chi connectivity index (χ0) is 20.7. The third kappa shape index (κ3) is 3.70. The van der Waals surface area contributed by atoms with Gasteiger partial charge in [-0.05, 0) is 53.6 Å². The van der Waals surface area contributed by atoms with Crippen LogP contribution in [0.2, 0.25) is 0 Å². The minimum absolute atomic E-state index is 0.126. The number of hydrogen-bond acceptors (Lipinski definition) is 4. The fraction of sp³-hybridized carbons (Fsp3) is 0.304. The van der Waals surface area contributed by atoms with E-state index in [0.717, 1.165) is 37.3 Å². The Kier molecular flexibility index (Phi) is 5.00. The van der Waals surface area contributed by atoms with Gasteiger partial charge in [-0.2, -0.15) is 0 Å². The van der Waals surface area contributed by atoms with Gasteiger partial charge >= 0.3 is 0 Å². The van der Waals surface area contributed by atoms with Crippen molar-refractivity contribution in [2.45, 2.75) is 25.4 Å². The highest BCUT2D eigenvalue weighted by Crippen LogP contribution is 2.36. The Morgan fingerprint density at radius 3 is 2.70 bits per heavy atom. The van der Waals surface area contributed by atoms with Crippen LogP contribution in [0.1, 0.15) is 33.3 Å². The summed E-state index contributed by atoms with van der Waals surface area (Å²) in [7, 11) is 0. The number of piperidine rings is 1. The number of pyridine rings is 1. The van der Waals surface area contributed by atoms with Crippen molar-refractivity contribution < 1.29 is 9.18 Å². The summed E-state index contributed by atoms with van der Waals surface area (Å²) in [6.45, 7) is 3.22. The van der Waals surface area contributed by atoms with E-state index >= 15 is 0 Å².